The summed E-state index contributed by atoms with van der Waals surface area (Å²) < 4.78 is 32.6. The number of aliphatic hydroxyl groups excluding tert-OH is 1. The molecule has 7 heteroatoms. The van der Waals surface area contributed by atoms with Crippen LogP contribution < -0.4 is 5.32 Å². The van der Waals surface area contributed by atoms with Gasteiger partial charge in [0.15, 0.2) is 0 Å². The first-order valence-electron chi connectivity index (χ1n) is 23.2. The number of rotatable bonds is 42. The van der Waals surface area contributed by atoms with Crippen molar-refractivity contribution in [1.82, 2.24) is 5.32 Å². The molecule has 0 aromatic rings. The highest BCUT2D eigenvalue weighted by molar-refractivity contribution is 7.85. The lowest BCUT2D eigenvalue weighted by atomic mass is 10.0. The molecule has 0 heterocycles. The highest BCUT2D eigenvalue weighted by Crippen LogP contribution is 2.16. The maximum absolute atomic E-state index is 12.5. The molecule has 0 spiro atoms. The SMILES string of the molecule is CCCCCC/C=C\C/C=C\CCCCCCCCCC(=O)NC(CS(=O)(=O)O)C(O)/C=C/CCCCCCCCCCCCCCCCCCCCC. The minimum Gasteiger partial charge on any atom is -0.387 e. The molecule has 0 radical (unpaired) electrons. The summed E-state index contributed by atoms with van der Waals surface area (Å²) in [4.78, 5) is 12.5. The van der Waals surface area contributed by atoms with Crippen molar-refractivity contribution in [2.45, 2.75) is 251 Å². The number of nitrogens with one attached hydrogen (secondary N) is 1. The lowest BCUT2D eigenvalue weighted by molar-refractivity contribution is -0.122. The number of aliphatic hydroxyl groups is 1. The number of carbonyl (C=O) groups excluding carboxylic acids is 1. The van der Waals surface area contributed by atoms with E-state index in [1.54, 1.807) is 6.08 Å². The minimum absolute atomic E-state index is 0.284. The van der Waals surface area contributed by atoms with E-state index in [1.807, 2.05) is 6.08 Å². The van der Waals surface area contributed by atoms with Crippen LogP contribution in [0.4, 0.5) is 0 Å². The van der Waals surface area contributed by atoms with E-state index in [0.29, 0.717) is 0 Å². The van der Waals surface area contributed by atoms with Crippen molar-refractivity contribution in [3.05, 3.63) is 36.5 Å². The minimum atomic E-state index is -4.35. The lowest BCUT2D eigenvalue weighted by Gasteiger charge is -2.21. The highest BCUT2D eigenvalue weighted by Gasteiger charge is 2.24. The fourth-order valence-electron chi connectivity index (χ4n) is 7.07. The van der Waals surface area contributed by atoms with Gasteiger partial charge in [-0.1, -0.05) is 217 Å². The Labute approximate surface area is 336 Å². The van der Waals surface area contributed by atoms with Gasteiger partial charge in [-0.25, -0.2) is 0 Å². The van der Waals surface area contributed by atoms with Gasteiger partial charge in [0, 0.05) is 6.42 Å². The predicted molar refractivity (Wildman–Crippen MR) is 235 cm³/mol. The Morgan fingerprint density at radius 3 is 1.22 bits per heavy atom. The zero-order valence-electron chi connectivity index (χ0n) is 35.6. The quantitative estimate of drug-likeness (QED) is 0.0325. The number of carbonyl (C=O) groups is 1. The molecule has 0 aliphatic heterocycles. The predicted octanol–water partition coefficient (Wildman–Crippen LogP) is 14.1. The maximum Gasteiger partial charge on any atom is 0.267 e. The van der Waals surface area contributed by atoms with Crippen molar-refractivity contribution in [1.29, 1.82) is 0 Å². The normalized spacial score (nSPS) is 13.5. The van der Waals surface area contributed by atoms with E-state index in [4.69, 9.17) is 0 Å². The third kappa shape index (κ3) is 41.7. The topological polar surface area (TPSA) is 104 Å². The molecule has 0 rings (SSSR count). The molecule has 0 aromatic heterocycles. The highest BCUT2D eigenvalue weighted by atomic mass is 32.2. The summed E-state index contributed by atoms with van der Waals surface area (Å²) in [6.45, 7) is 4.53. The van der Waals surface area contributed by atoms with E-state index >= 15 is 0 Å². The molecule has 0 bridgehead atoms. The second-order valence-corrected chi connectivity index (χ2v) is 17.5. The van der Waals surface area contributed by atoms with Gasteiger partial charge in [0.25, 0.3) is 10.1 Å². The van der Waals surface area contributed by atoms with E-state index in [2.05, 4.69) is 43.5 Å². The van der Waals surface area contributed by atoms with Crippen molar-refractivity contribution in [2.75, 3.05) is 5.75 Å². The Kier molecular flexibility index (Phi) is 40.1. The molecule has 2 unspecified atom stereocenters. The van der Waals surface area contributed by atoms with Crippen LogP contribution in [-0.4, -0.2) is 41.9 Å². The van der Waals surface area contributed by atoms with Crippen molar-refractivity contribution in [3.63, 3.8) is 0 Å². The van der Waals surface area contributed by atoms with Gasteiger partial charge < -0.3 is 10.4 Å². The second-order valence-electron chi connectivity index (χ2n) is 16.0. The van der Waals surface area contributed by atoms with E-state index in [0.717, 1.165) is 57.8 Å². The van der Waals surface area contributed by atoms with Crippen LogP contribution in [0.3, 0.4) is 0 Å². The first kappa shape index (κ1) is 52.6. The number of amides is 1. The monoisotopic (exact) mass is 780 g/mol. The largest absolute Gasteiger partial charge is 0.387 e. The van der Waals surface area contributed by atoms with Crippen LogP contribution in [0.2, 0.25) is 0 Å². The van der Waals surface area contributed by atoms with Gasteiger partial charge in [0.05, 0.1) is 17.9 Å². The van der Waals surface area contributed by atoms with E-state index in [1.165, 1.54) is 161 Å². The van der Waals surface area contributed by atoms with Gasteiger partial charge in [-0.15, -0.1) is 0 Å². The summed E-state index contributed by atoms with van der Waals surface area (Å²) in [6, 6.07) is -1.06. The molecular weight excluding hydrogens is 691 g/mol. The van der Waals surface area contributed by atoms with E-state index < -0.39 is 28.0 Å². The molecule has 1 amide bonds. The Hall–Kier alpha value is -1.44. The van der Waals surface area contributed by atoms with Crippen molar-refractivity contribution in [3.8, 4) is 0 Å². The molecule has 54 heavy (non-hydrogen) atoms. The first-order chi connectivity index (χ1) is 26.3. The van der Waals surface area contributed by atoms with Crippen LogP contribution in [0, 0.1) is 0 Å². The molecule has 0 fully saturated rings. The maximum atomic E-state index is 12.5. The van der Waals surface area contributed by atoms with Crippen molar-refractivity contribution in [2.24, 2.45) is 0 Å². The number of hydrogen-bond donors (Lipinski definition) is 3. The standard InChI is InChI=1S/C47H89NO5S/c1-3-5-7-9-11-13-15-17-19-21-23-24-25-26-28-30-32-34-36-38-40-42-46(49)45(44-54(51,52)53)48-47(50)43-41-39-37-35-33-31-29-27-22-20-18-16-14-12-10-8-6-4-2/h14,16,20,22,40,42,45-46,49H,3-13,15,17-19,21,23-39,41,43-44H2,1-2H3,(H,48,50)(H,51,52,53)/b16-14-,22-20-,42-40+. The number of allylic oxidation sites excluding steroid dienone is 5. The molecular formula is C47H89NO5S. The Morgan fingerprint density at radius 2 is 0.833 bits per heavy atom. The summed E-state index contributed by atoms with van der Waals surface area (Å²) in [5.74, 6) is -0.984. The van der Waals surface area contributed by atoms with Crippen molar-refractivity contribution < 1.29 is 22.9 Å². The number of hydrogen-bond acceptors (Lipinski definition) is 4. The molecule has 0 saturated carbocycles. The summed E-state index contributed by atoms with van der Waals surface area (Å²) >= 11 is 0. The molecule has 2 atom stereocenters. The fourth-order valence-corrected chi connectivity index (χ4v) is 7.80. The van der Waals surface area contributed by atoms with Gasteiger partial charge in [0.1, 0.15) is 0 Å². The number of unbranched alkanes of at least 4 members (excludes halogenated alkanes) is 30. The summed E-state index contributed by atoms with van der Waals surface area (Å²) in [5.41, 5.74) is 0. The zero-order chi connectivity index (χ0) is 39.6. The van der Waals surface area contributed by atoms with Gasteiger partial charge >= 0.3 is 0 Å². The van der Waals surface area contributed by atoms with Crippen LogP contribution in [0.5, 0.6) is 0 Å². The third-order valence-corrected chi connectivity index (χ3v) is 11.3. The Bertz CT molecular complexity index is 992. The van der Waals surface area contributed by atoms with Crippen LogP contribution in [0.1, 0.15) is 239 Å². The van der Waals surface area contributed by atoms with Crippen LogP contribution in [0.25, 0.3) is 0 Å². The summed E-state index contributed by atoms with van der Waals surface area (Å²) in [7, 11) is -4.35. The van der Waals surface area contributed by atoms with Crippen LogP contribution >= 0.6 is 0 Å². The van der Waals surface area contributed by atoms with Gasteiger partial charge in [-0.05, 0) is 51.4 Å². The zero-order valence-corrected chi connectivity index (χ0v) is 36.4. The molecule has 0 aliphatic carbocycles. The lowest BCUT2D eigenvalue weighted by Crippen LogP contribution is -2.46. The smallest absolute Gasteiger partial charge is 0.267 e. The second kappa shape index (κ2) is 41.2. The van der Waals surface area contributed by atoms with Gasteiger partial charge in [-0.3, -0.25) is 9.35 Å². The van der Waals surface area contributed by atoms with Crippen LogP contribution in [-0.2, 0) is 14.9 Å². The summed E-state index contributed by atoms with van der Waals surface area (Å²) in [6.07, 6.45) is 54.2. The third-order valence-electron chi connectivity index (χ3n) is 10.6. The average Bonchev–Trinajstić information content (AvgIpc) is 3.14. The Morgan fingerprint density at radius 1 is 0.500 bits per heavy atom. The molecule has 3 N–H and O–H groups in total. The molecule has 318 valence electrons. The average molecular weight is 780 g/mol. The molecule has 0 aromatic carbocycles. The molecule has 0 aliphatic rings. The van der Waals surface area contributed by atoms with E-state index in [-0.39, 0.29) is 12.3 Å². The molecule has 0 saturated heterocycles. The first-order valence-corrected chi connectivity index (χ1v) is 24.8. The van der Waals surface area contributed by atoms with Gasteiger partial charge in [0.2, 0.25) is 5.91 Å². The van der Waals surface area contributed by atoms with Gasteiger partial charge in [-0.2, -0.15) is 8.42 Å². The summed E-state index contributed by atoms with van der Waals surface area (Å²) in [5, 5.41) is 13.3. The molecule has 6 nitrogen and oxygen atoms in total. The van der Waals surface area contributed by atoms with Crippen LogP contribution in [0.15, 0.2) is 36.5 Å². The fraction of sp³-hybridized carbons (Fsp3) is 0.851. The Balaban J connectivity index is 3.86. The van der Waals surface area contributed by atoms with Crippen molar-refractivity contribution >= 4 is 16.0 Å². The van der Waals surface area contributed by atoms with E-state index in [9.17, 15) is 22.9 Å².